The average molecular weight is 406 g/mol. The van der Waals surface area contributed by atoms with Gasteiger partial charge in [-0.25, -0.2) is 4.63 Å². The van der Waals surface area contributed by atoms with Crippen LogP contribution in [0.25, 0.3) is 11.0 Å². The van der Waals surface area contributed by atoms with E-state index in [0.29, 0.717) is 0 Å². The molecule has 158 valence electrons. The first-order chi connectivity index (χ1) is 14.8. The molecular formula is C24H31N5O. The Morgan fingerprint density at radius 1 is 0.933 bits per heavy atom. The molecule has 6 nitrogen and oxygen atoms in total. The normalized spacial score (nSPS) is 19.2. The number of benzene rings is 1. The summed E-state index contributed by atoms with van der Waals surface area (Å²) in [5, 5.41) is 7.94. The predicted molar refractivity (Wildman–Crippen MR) is 117 cm³/mol. The molecule has 2 aliphatic rings. The van der Waals surface area contributed by atoms with Crippen molar-refractivity contribution < 1.29 is 4.63 Å². The summed E-state index contributed by atoms with van der Waals surface area (Å²) < 4.78 is 4.87. The number of pyridine rings is 1. The summed E-state index contributed by atoms with van der Waals surface area (Å²) in [4.78, 5) is 9.65. The Morgan fingerprint density at radius 3 is 2.53 bits per heavy atom. The minimum absolute atomic E-state index is 0.761. The second-order valence-corrected chi connectivity index (χ2v) is 9.04. The Bertz CT molecular complexity index is 929. The van der Waals surface area contributed by atoms with Gasteiger partial charge < -0.3 is 4.90 Å². The van der Waals surface area contributed by atoms with E-state index in [4.69, 9.17) is 4.63 Å². The third-order valence-electron chi connectivity index (χ3n) is 6.86. The third kappa shape index (κ3) is 4.71. The van der Waals surface area contributed by atoms with Crippen LogP contribution >= 0.6 is 0 Å². The standard InChI is InChI=1S/C24H31N5O/c1-2-6-22(5-1)29-12-9-19(10-13-29)16-28(18-21-4-3-11-25-15-21)17-20-7-8-23-24(14-20)27-30-26-23/h3-4,7-8,11,14-15,19,22H,1-2,5-6,9-10,12-13,16-18H2. The highest BCUT2D eigenvalue weighted by Gasteiger charge is 2.28. The smallest absolute Gasteiger partial charge is 0.135 e. The van der Waals surface area contributed by atoms with Gasteiger partial charge in [0.1, 0.15) is 11.0 Å². The van der Waals surface area contributed by atoms with Crippen LogP contribution in [0, 0.1) is 5.92 Å². The van der Waals surface area contributed by atoms with Gasteiger partial charge in [0.25, 0.3) is 0 Å². The maximum Gasteiger partial charge on any atom is 0.135 e. The van der Waals surface area contributed by atoms with Crippen LogP contribution in [0.2, 0.25) is 0 Å². The molecule has 3 aromatic rings. The first kappa shape index (κ1) is 19.6. The van der Waals surface area contributed by atoms with Gasteiger partial charge in [0.2, 0.25) is 0 Å². The summed E-state index contributed by atoms with van der Waals surface area (Å²) in [6, 6.07) is 11.3. The van der Waals surface area contributed by atoms with Crippen molar-refractivity contribution >= 4 is 11.0 Å². The minimum atomic E-state index is 0.761. The van der Waals surface area contributed by atoms with E-state index in [1.54, 1.807) is 0 Å². The van der Waals surface area contributed by atoms with E-state index in [-0.39, 0.29) is 0 Å². The Hall–Kier alpha value is -2.31. The molecule has 2 fully saturated rings. The topological polar surface area (TPSA) is 58.3 Å². The molecule has 0 N–H and O–H groups in total. The van der Waals surface area contributed by atoms with E-state index in [9.17, 15) is 0 Å². The van der Waals surface area contributed by atoms with Crippen molar-refractivity contribution in [3.8, 4) is 0 Å². The first-order valence-electron chi connectivity index (χ1n) is 11.4. The van der Waals surface area contributed by atoms with Crippen LogP contribution in [0.3, 0.4) is 0 Å². The number of hydrogen-bond donors (Lipinski definition) is 0. The Balaban J connectivity index is 1.25. The summed E-state index contributed by atoms with van der Waals surface area (Å²) in [6.07, 6.45) is 12.1. The Morgan fingerprint density at radius 2 is 1.73 bits per heavy atom. The molecule has 0 radical (unpaired) electrons. The molecule has 0 bridgehead atoms. The van der Waals surface area contributed by atoms with Gasteiger partial charge in [0.15, 0.2) is 0 Å². The van der Waals surface area contributed by atoms with E-state index in [1.165, 1.54) is 62.7 Å². The highest BCUT2D eigenvalue weighted by molar-refractivity contribution is 5.73. The Kier molecular flexibility index (Phi) is 6.04. The maximum absolute atomic E-state index is 4.87. The van der Waals surface area contributed by atoms with Crippen LogP contribution in [-0.2, 0) is 13.1 Å². The largest absolute Gasteiger partial charge is 0.300 e. The van der Waals surface area contributed by atoms with Gasteiger partial charge in [0, 0.05) is 38.1 Å². The number of hydrogen-bond acceptors (Lipinski definition) is 6. The van der Waals surface area contributed by atoms with Crippen molar-refractivity contribution in [3.05, 3.63) is 53.9 Å². The van der Waals surface area contributed by atoms with Crippen LogP contribution < -0.4 is 0 Å². The van der Waals surface area contributed by atoms with Crippen molar-refractivity contribution in [2.45, 2.75) is 57.7 Å². The summed E-state index contributed by atoms with van der Waals surface area (Å²) in [5.74, 6) is 0.761. The molecule has 0 unspecified atom stereocenters. The summed E-state index contributed by atoms with van der Waals surface area (Å²) in [7, 11) is 0. The Labute approximate surface area is 178 Å². The second kappa shape index (κ2) is 9.23. The lowest BCUT2D eigenvalue weighted by atomic mass is 9.94. The van der Waals surface area contributed by atoms with Crippen molar-refractivity contribution in [2.75, 3.05) is 19.6 Å². The molecule has 30 heavy (non-hydrogen) atoms. The molecule has 0 amide bonds. The van der Waals surface area contributed by atoms with Crippen molar-refractivity contribution in [1.82, 2.24) is 25.1 Å². The molecule has 1 aliphatic carbocycles. The number of nitrogens with zero attached hydrogens (tertiary/aromatic N) is 5. The van der Waals surface area contributed by atoms with Crippen LogP contribution in [0.1, 0.15) is 49.7 Å². The molecule has 0 atom stereocenters. The fourth-order valence-electron chi connectivity index (χ4n) is 5.25. The molecule has 0 spiro atoms. The van der Waals surface area contributed by atoms with Gasteiger partial charge in [0.05, 0.1) is 0 Å². The van der Waals surface area contributed by atoms with E-state index >= 15 is 0 Å². The zero-order valence-corrected chi connectivity index (χ0v) is 17.6. The summed E-state index contributed by atoms with van der Waals surface area (Å²) >= 11 is 0. The van der Waals surface area contributed by atoms with Crippen LogP contribution in [0.5, 0.6) is 0 Å². The zero-order chi connectivity index (χ0) is 20.2. The minimum Gasteiger partial charge on any atom is -0.300 e. The quantitative estimate of drug-likeness (QED) is 0.585. The molecule has 6 heteroatoms. The molecule has 3 heterocycles. The lowest BCUT2D eigenvalue weighted by molar-refractivity contribution is 0.107. The number of likely N-dealkylation sites (tertiary alicyclic amines) is 1. The molecule has 1 saturated carbocycles. The van der Waals surface area contributed by atoms with E-state index < -0.39 is 0 Å². The van der Waals surface area contributed by atoms with E-state index in [0.717, 1.165) is 42.6 Å². The van der Waals surface area contributed by atoms with E-state index in [2.05, 4.69) is 43.3 Å². The number of aromatic nitrogens is 3. The first-order valence-corrected chi connectivity index (χ1v) is 11.4. The molecule has 5 rings (SSSR count). The predicted octanol–water partition coefficient (Wildman–Crippen LogP) is 4.27. The van der Waals surface area contributed by atoms with Gasteiger partial charge >= 0.3 is 0 Å². The lowest BCUT2D eigenvalue weighted by Gasteiger charge is -2.38. The SMILES string of the molecule is c1cncc(CN(Cc2ccc3nonc3c2)CC2CCN(C3CCCC3)CC2)c1. The van der Waals surface area contributed by atoms with Gasteiger partial charge in [-0.15, -0.1) is 0 Å². The maximum atomic E-state index is 4.87. The van der Waals surface area contributed by atoms with Crippen LogP contribution in [-0.4, -0.2) is 50.8 Å². The molecule has 1 aliphatic heterocycles. The number of fused-ring (bicyclic) bond motifs is 1. The fourth-order valence-corrected chi connectivity index (χ4v) is 5.25. The van der Waals surface area contributed by atoms with Crippen molar-refractivity contribution in [2.24, 2.45) is 5.92 Å². The second-order valence-electron chi connectivity index (χ2n) is 9.04. The lowest BCUT2D eigenvalue weighted by Crippen LogP contribution is -2.42. The molecular weight excluding hydrogens is 374 g/mol. The molecule has 2 aromatic heterocycles. The van der Waals surface area contributed by atoms with Gasteiger partial charge in [-0.3, -0.25) is 9.88 Å². The van der Waals surface area contributed by atoms with Gasteiger partial charge in [-0.05, 0) is 84.3 Å². The van der Waals surface area contributed by atoms with Gasteiger partial charge in [-0.1, -0.05) is 25.0 Å². The summed E-state index contributed by atoms with van der Waals surface area (Å²) in [5.41, 5.74) is 4.17. The van der Waals surface area contributed by atoms with Crippen LogP contribution in [0.4, 0.5) is 0 Å². The third-order valence-corrected chi connectivity index (χ3v) is 6.86. The van der Waals surface area contributed by atoms with Crippen molar-refractivity contribution in [3.63, 3.8) is 0 Å². The van der Waals surface area contributed by atoms with Crippen molar-refractivity contribution in [1.29, 1.82) is 0 Å². The highest BCUT2D eigenvalue weighted by atomic mass is 16.6. The average Bonchev–Trinajstić information content (AvgIpc) is 3.47. The fraction of sp³-hybridized carbons (Fsp3) is 0.542. The van der Waals surface area contributed by atoms with Gasteiger partial charge in [-0.2, -0.15) is 0 Å². The monoisotopic (exact) mass is 405 g/mol. The molecule has 1 saturated heterocycles. The summed E-state index contributed by atoms with van der Waals surface area (Å²) in [6.45, 7) is 5.49. The van der Waals surface area contributed by atoms with Crippen LogP contribution in [0.15, 0.2) is 47.4 Å². The molecule has 1 aromatic carbocycles. The van der Waals surface area contributed by atoms with E-state index in [1.807, 2.05) is 24.5 Å². The highest BCUT2D eigenvalue weighted by Crippen LogP contribution is 2.28. The number of rotatable bonds is 7. The zero-order valence-electron chi connectivity index (χ0n) is 17.6. The number of piperidine rings is 1.